The highest BCUT2D eigenvalue weighted by atomic mass is 32.2. The largest absolute Gasteiger partial charge is 0.393 e. The van der Waals surface area contributed by atoms with E-state index in [0.29, 0.717) is 43.4 Å². The summed E-state index contributed by atoms with van der Waals surface area (Å²) in [6, 6.07) is 0. The minimum atomic E-state index is -3.36. The Bertz CT molecular complexity index is 399. The molecular weight excluding hydrogens is 270 g/mol. The van der Waals surface area contributed by atoms with E-state index in [1.807, 2.05) is 20.8 Å². The maximum atomic E-state index is 12.0. The van der Waals surface area contributed by atoms with Crippen molar-refractivity contribution >= 4 is 27.4 Å². The summed E-state index contributed by atoms with van der Waals surface area (Å²) in [6.07, 6.45) is 1.37. The van der Waals surface area contributed by atoms with Crippen LogP contribution in [0, 0.1) is 11.3 Å². The molecule has 0 aromatic carbocycles. The summed E-state index contributed by atoms with van der Waals surface area (Å²) < 4.78 is 28.1. The summed E-state index contributed by atoms with van der Waals surface area (Å²) in [5, 5.41) is 0. The molecule has 0 saturated carbocycles. The SMILES string of the molecule is CC(C)CNS(=O)(=O)N1CCC(C)(C(N)=S)CC1. The summed E-state index contributed by atoms with van der Waals surface area (Å²) in [5.74, 6) is 0.298. The van der Waals surface area contributed by atoms with Crippen molar-refractivity contribution in [2.24, 2.45) is 17.1 Å². The number of nitrogens with two attached hydrogens (primary N) is 1. The van der Waals surface area contributed by atoms with Crippen molar-refractivity contribution in [3.63, 3.8) is 0 Å². The Morgan fingerprint density at radius 1 is 1.44 bits per heavy atom. The molecule has 0 atom stereocenters. The van der Waals surface area contributed by atoms with Gasteiger partial charge in [0, 0.05) is 25.0 Å². The van der Waals surface area contributed by atoms with E-state index in [2.05, 4.69) is 4.72 Å². The Kier molecular flexibility index (Phi) is 5.11. The van der Waals surface area contributed by atoms with E-state index in [1.54, 1.807) is 0 Å². The second kappa shape index (κ2) is 5.81. The van der Waals surface area contributed by atoms with Gasteiger partial charge in [0.15, 0.2) is 0 Å². The molecule has 3 N–H and O–H groups in total. The summed E-state index contributed by atoms with van der Waals surface area (Å²) >= 11 is 5.04. The predicted octanol–water partition coefficient (Wildman–Crippen LogP) is 0.865. The highest BCUT2D eigenvalue weighted by Crippen LogP contribution is 2.31. The molecule has 18 heavy (non-hydrogen) atoms. The first-order valence-electron chi connectivity index (χ1n) is 6.22. The number of nitrogens with one attached hydrogen (secondary N) is 1. The van der Waals surface area contributed by atoms with Crippen LogP contribution in [0.5, 0.6) is 0 Å². The van der Waals surface area contributed by atoms with Crippen LogP contribution in [0.25, 0.3) is 0 Å². The molecule has 0 unspecified atom stereocenters. The predicted molar refractivity (Wildman–Crippen MR) is 77.5 cm³/mol. The molecule has 0 aromatic heterocycles. The Hall–Kier alpha value is -0.240. The number of rotatable bonds is 5. The number of nitrogens with zero attached hydrogens (tertiary/aromatic N) is 1. The standard InChI is InChI=1S/C11H23N3O2S2/c1-9(2)8-13-18(15,16)14-6-4-11(3,5-7-14)10(12)17/h9,13H,4-8H2,1-3H3,(H2,12,17). The molecule has 1 rings (SSSR count). The smallest absolute Gasteiger partial charge is 0.279 e. The van der Waals surface area contributed by atoms with Crippen molar-refractivity contribution in [1.82, 2.24) is 9.03 Å². The van der Waals surface area contributed by atoms with Gasteiger partial charge < -0.3 is 5.73 Å². The van der Waals surface area contributed by atoms with Crippen LogP contribution >= 0.6 is 12.2 Å². The van der Waals surface area contributed by atoms with Gasteiger partial charge in [0.05, 0.1) is 4.99 Å². The first-order valence-corrected chi connectivity index (χ1v) is 8.07. The molecule has 1 aliphatic rings. The van der Waals surface area contributed by atoms with Crippen LogP contribution < -0.4 is 10.5 Å². The molecule has 1 heterocycles. The lowest BCUT2D eigenvalue weighted by atomic mass is 9.81. The van der Waals surface area contributed by atoms with E-state index in [4.69, 9.17) is 18.0 Å². The van der Waals surface area contributed by atoms with Crippen molar-refractivity contribution in [3.05, 3.63) is 0 Å². The lowest BCUT2D eigenvalue weighted by Gasteiger charge is -2.37. The zero-order valence-corrected chi connectivity index (χ0v) is 12.9. The van der Waals surface area contributed by atoms with E-state index >= 15 is 0 Å². The molecule has 106 valence electrons. The van der Waals surface area contributed by atoms with E-state index in [0.717, 1.165) is 0 Å². The highest BCUT2D eigenvalue weighted by molar-refractivity contribution is 7.87. The van der Waals surface area contributed by atoms with Gasteiger partial charge in [0.2, 0.25) is 0 Å². The maximum Gasteiger partial charge on any atom is 0.279 e. The highest BCUT2D eigenvalue weighted by Gasteiger charge is 2.36. The Morgan fingerprint density at radius 2 is 1.94 bits per heavy atom. The van der Waals surface area contributed by atoms with Crippen LogP contribution in [0.1, 0.15) is 33.6 Å². The topological polar surface area (TPSA) is 75.4 Å². The normalized spacial score (nSPS) is 21.1. The van der Waals surface area contributed by atoms with Crippen molar-refractivity contribution in [2.45, 2.75) is 33.6 Å². The molecule has 1 aliphatic heterocycles. The fourth-order valence-electron chi connectivity index (χ4n) is 1.83. The molecule has 0 aromatic rings. The molecule has 0 bridgehead atoms. The Labute approximate surface area is 115 Å². The lowest BCUT2D eigenvalue weighted by molar-refractivity contribution is 0.241. The van der Waals surface area contributed by atoms with Crippen molar-refractivity contribution < 1.29 is 8.42 Å². The third-order valence-corrected chi connectivity index (χ3v) is 5.50. The van der Waals surface area contributed by atoms with Crippen LogP contribution in [0.15, 0.2) is 0 Å². The number of hydrogen-bond acceptors (Lipinski definition) is 3. The Balaban J connectivity index is 2.60. The third kappa shape index (κ3) is 3.88. The molecule has 5 nitrogen and oxygen atoms in total. The van der Waals surface area contributed by atoms with Crippen molar-refractivity contribution in [1.29, 1.82) is 0 Å². The second-order valence-electron chi connectivity index (χ2n) is 5.57. The average Bonchev–Trinajstić information content (AvgIpc) is 2.27. The fourth-order valence-corrected chi connectivity index (χ4v) is 3.42. The first kappa shape index (κ1) is 15.8. The van der Waals surface area contributed by atoms with Gasteiger partial charge in [0.25, 0.3) is 10.2 Å². The quantitative estimate of drug-likeness (QED) is 0.737. The summed E-state index contributed by atoms with van der Waals surface area (Å²) in [6.45, 7) is 7.36. The second-order valence-corrected chi connectivity index (χ2v) is 7.77. The average molecular weight is 293 g/mol. The van der Waals surface area contributed by atoms with Crippen molar-refractivity contribution in [2.75, 3.05) is 19.6 Å². The van der Waals surface area contributed by atoms with Crippen LogP contribution in [0.2, 0.25) is 0 Å². The lowest BCUT2D eigenvalue weighted by Crippen LogP contribution is -2.50. The van der Waals surface area contributed by atoms with Gasteiger partial charge in [0.1, 0.15) is 0 Å². The summed E-state index contributed by atoms with van der Waals surface area (Å²) in [5.41, 5.74) is 5.49. The van der Waals surface area contributed by atoms with E-state index in [1.165, 1.54) is 4.31 Å². The van der Waals surface area contributed by atoms with Gasteiger partial charge in [-0.05, 0) is 18.8 Å². The number of piperidine rings is 1. The molecule has 0 amide bonds. The van der Waals surface area contributed by atoms with E-state index in [9.17, 15) is 8.42 Å². The molecule has 0 radical (unpaired) electrons. The zero-order valence-electron chi connectivity index (χ0n) is 11.3. The third-order valence-electron chi connectivity index (χ3n) is 3.43. The maximum absolute atomic E-state index is 12.0. The molecule has 0 aliphatic carbocycles. The van der Waals surface area contributed by atoms with Crippen LogP contribution in [-0.2, 0) is 10.2 Å². The molecule has 1 fully saturated rings. The minimum Gasteiger partial charge on any atom is -0.393 e. The fraction of sp³-hybridized carbons (Fsp3) is 0.909. The Morgan fingerprint density at radius 3 is 2.33 bits per heavy atom. The summed E-state index contributed by atoms with van der Waals surface area (Å²) in [4.78, 5) is 0.481. The van der Waals surface area contributed by atoms with Gasteiger partial charge in [-0.2, -0.15) is 12.7 Å². The van der Waals surface area contributed by atoms with Crippen LogP contribution in [0.4, 0.5) is 0 Å². The summed E-state index contributed by atoms with van der Waals surface area (Å²) in [7, 11) is -3.36. The van der Waals surface area contributed by atoms with Gasteiger partial charge in [-0.15, -0.1) is 0 Å². The molecule has 7 heteroatoms. The van der Waals surface area contributed by atoms with Gasteiger partial charge in [-0.3, -0.25) is 0 Å². The zero-order chi connectivity index (χ0) is 14.0. The monoisotopic (exact) mass is 293 g/mol. The minimum absolute atomic E-state index is 0.209. The van der Waals surface area contributed by atoms with Crippen LogP contribution in [-0.4, -0.2) is 37.3 Å². The van der Waals surface area contributed by atoms with Crippen LogP contribution in [0.3, 0.4) is 0 Å². The van der Waals surface area contributed by atoms with E-state index < -0.39 is 10.2 Å². The van der Waals surface area contributed by atoms with Crippen molar-refractivity contribution in [3.8, 4) is 0 Å². The molecule has 0 spiro atoms. The van der Waals surface area contributed by atoms with Gasteiger partial charge in [-0.25, -0.2) is 4.72 Å². The number of thiocarbonyl (C=S) groups is 1. The molecule has 1 saturated heterocycles. The van der Waals surface area contributed by atoms with Gasteiger partial charge >= 0.3 is 0 Å². The van der Waals surface area contributed by atoms with E-state index in [-0.39, 0.29) is 5.41 Å². The molecular formula is C11H23N3O2S2. The van der Waals surface area contributed by atoms with Gasteiger partial charge in [-0.1, -0.05) is 33.0 Å². The number of hydrogen-bond donors (Lipinski definition) is 2. The first-order chi connectivity index (χ1) is 8.17.